The minimum atomic E-state index is -3.47. The predicted octanol–water partition coefficient (Wildman–Crippen LogP) is 1.20. The number of amidine groups is 1. The van der Waals surface area contributed by atoms with Crippen LogP contribution in [0.1, 0.15) is 24.0 Å². The molecule has 1 N–H and O–H groups in total. The van der Waals surface area contributed by atoms with Gasteiger partial charge in [-0.15, -0.1) is 4.40 Å². The van der Waals surface area contributed by atoms with Crippen LogP contribution in [0.5, 0.6) is 0 Å². The maximum absolute atomic E-state index is 11.8. The van der Waals surface area contributed by atoms with Crippen molar-refractivity contribution in [2.24, 2.45) is 4.40 Å². The SMILES string of the molecule is Cc1cccc2c1C(NC1CC1)=NS2(=O)=O. The van der Waals surface area contributed by atoms with Gasteiger partial charge in [0.1, 0.15) is 10.7 Å². The Balaban J connectivity index is 2.16. The molecule has 1 aromatic carbocycles. The third kappa shape index (κ3) is 1.43. The molecule has 84 valence electrons. The van der Waals surface area contributed by atoms with Gasteiger partial charge in [0.05, 0.1) is 0 Å². The Morgan fingerprint density at radius 3 is 2.81 bits per heavy atom. The van der Waals surface area contributed by atoms with Gasteiger partial charge in [0.25, 0.3) is 10.0 Å². The molecule has 1 fully saturated rings. The summed E-state index contributed by atoms with van der Waals surface area (Å²) in [6, 6.07) is 5.67. The van der Waals surface area contributed by atoms with Gasteiger partial charge < -0.3 is 5.32 Å². The number of hydrogen-bond acceptors (Lipinski definition) is 3. The van der Waals surface area contributed by atoms with Gasteiger partial charge in [0.15, 0.2) is 0 Å². The van der Waals surface area contributed by atoms with Crippen LogP contribution in [0.15, 0.2) is 27.5 Å². The maximum Gasteiger partial charge on any atom is 0.285 e. The van der Waals surface area contributed by atoms with Gasteiger partial charge in [-0.25, -0.2) is 0 Å². The molecule has 0 aromatic heterocycles. The number of sulfonamides is 1. The van der Waals surface area contributed by atoms with Crippen LogP contribution < -0.4 is 5.32 Å². The highest BCUT2D eigenvalue weighted by Gasteiger charge is 2.33. The predicted molar refractivity (Wildman–Crippen MR) is 61.1 cm³/mol. The Hall–Kier alpha value is -1.36. The van der Waals surface area contributed by atoms with E-state index in [1.54, 1.807) is 12.1 Å². The van der Waals surface area contributed by atoms with Gasteiger partial charge in [-0.1, -0.05) is 12.1 Å². The zero-order chi connectivity index (χ0) is 11.3. The second-order valence-electron chi connectivity index (χ2n) is 4.28. The topological polar surface area (TPSA) is 58.5 Å². The van der Waals surface area contributed by atoms with E-state index in [1.807, 2.05) is 13.0 Å². The summed E-state index contributed by atoms with van der Waals surface area (Å²) in [5, 5.41) is 3.18. The van der Waals surface area contributed by atoms with Crippen molar-refractivity contribution >= 4 is 15.9 Å². The normalized spacial score (nSPS) is 21.4. The number of hydrogen-bond donors (Lipinski definition) is 1. The number of benzene rings is 1. The van der Waals surface area contributed by atoms with E-state index in [2.05, 4.69) is 9.71 Å². The molecule has 1 aliphatic carbocycles. The van der Waals surface area contributed by atoms with E-state index in [0.717, 1.165) is 24.0 Å². The van der Waals surface area contributed by atoms with Crippen LogP contribution in [-0.2, 0) is 10.0 Å². The molecule has 1 aliphatic heterocycles. The van der Waals surface area contributed by atoms with Crippen molar-refractivity contribution in [3.63, 3.8) is 0 Å². The largest absolute Gasteiger partial charge is 0.366 e. The van der Waals surface area contributed by atoms with Crippen molar-refractivity contribution in [2.45, 2.75) is 30.7 Å². The van der Waals surface area contributed by atoms with E-state index in [-0.39, 0.29) is 0 Å². The van der Waals surface area contributed by atoms with E-state index < -0.39 is 10.0 Å². The second-order valence-corrected chi connectivity index (χ2v) is 5.85. The molecule has 4 nitrogen and oxygen atoms in total. The summed E-state index contributed by atoms with van der Waals surface area (Å²) in [6.07, 6.45) is 2.20. The number of aryl methyl sites for hydroxylation is 1. The maximum atomic E-state index is 11.8. The Morgan fingerprint density at radius 2 is 2.12 bits per heavy atom. The van der Waals surface area contributed by atoms with E-state index in [0.29, 0.717) is 16.8 Å². The molecule has 3 rings (SSSR count). The van der Waals surface area contributed by atoms with Crippen molar-refractivity contribution in [1.29, 1.82) is 0 Å². The highest BCUT2D eigenvalue weighted by atomic mass is 32.2. The molecule has 0 unspecified atom stereocenters. The molecular weight excluding hydrogens is 224 g/mol. The fraction of sp³-hybridized carbons (Fsp3) is 0.364. The molecule has 0 saturated heterocycles. The lowest BCUT2D eigenvalue weighted by molar-refractivity contribution is 0.599. The summed E-state index contributed by atoms with van der Waals surface area (Å²) in [6.45, 7) is 1.91. The minimum absolute atomic E-state index is 0.329. The van der Waals surface area contributed by atoms with Gasteiger partial charge in [0, 0.05) is 11.6 Å². The molecule has 1 heterocycles. The molecule has 0 radical (unpaired) electrons. The molecule has 16 heavy (non-hydrogen) atoms. The highest BCUT2D eigenvalue weighted by Crippen LogP contribution is 2.29. The van der Waals surface area contributed by atoms with Crippen LogP contribution in [-0.4, -0.2) is 20.3 Å². The number of nitrogens with one attached hydrogen (secondary N) is 1. The van der Waals surface area contributed by atoms with Gasteiger partial charge in [0.2, 0.25) is 0 Å². The molecule has 0 amide bonds. The van der Waals surface area contributed by atoms with Crippen LogP contribution in [0.4, 0.5) is 0 Å². The van der Waals surface area contributed by atoms with Crippen molar-refractivity contribution < 1.29 is 8.42 Å². The van der Waals surface area contributed by atoms with Crippen LogP contribution in [0.3, 0.4) is 0 Å². The first kappa shape index (κ1) is 9.84. The van der Waals surface area contributed by atoms with Gasteiger partial charge in [-0.05, 0) is 31.4 Å². The summed E-state index contributed by atoms with van der Waals surface area (Å²) in [4.78, 5) is 0.329. The summed E-state index contributed by atoms with van der Waals surface area (Å²) in [5.41, 5.74) is 1.69. The first-order chi connectivity index (χ1) is 7.58. The van der Waals surface area contributed by atoms with Gasteiger partial charge >= 0.3 is 0 Å². The molecule has 5 heteroatoms. The van der Waals surface area contributed by atoms with Crippen LogP contribution >= 0.6 is 0 Å². The Labute approximate surface area is 94.5 Å². The van der Waals surface area contributed by atoms with Gasteiger partial charge in [-0.3, -0.25) is 0 Å². The van der Waals surface area contributed by atoms with Gasteiger partial charge in [-0.2, -0.15) is 8.42 Å². The summed E-state index contributed by atoms with van der Waals surface area (Å²) >= 11 is 0. The average molecular weight is 236 g/mol. The number of nitrogens with zero attached hydrogens (tertiary/aromatic N) is 1. The third-order valence-corrected chi connectivity index (χ3v) is 4.20. The highest BCUT2D eigenvalue weighted by molar-refractivity contribution is 7.90. The summed E-state index contributed by atoms with van der Waals surface area (Å²) in [5.74, 6) is 0.524. The van der Waals surface area contributed by atoms with Crippen LogP contribution in [0.25, 0.3) is 0 Å². The summed E-state index contributed by atoms with van der Waals surface area (Å²) < 4.78 is 27.4. The summed E-state index contributed by atoms with van der Waals surface area (Å²) in [7, 11) is -3.47. The van der Waals surface area contributed by atoms with Crippen molar-refractivity contribution in [1.82, 2.24) is 5.32 Å². The van der Waals surface area contributed by atoms with Crippen molar-refractivity contribution in [2.75, 3.05) is 0 Å². The molecule has 0 atom stereocenters. The number of rotatable bonds is 1. The molecule has 0 bridgehead atoms. The van der Waals surface area contributed by atoms with E-state index >= 15 is 0 Å². The molecule has 0 spiro atoms. The first-order valence-corrected chi connectivity index (χ1v) is 6.73. The van der Waals surface area contributed by atoms with E-state index in [4.69, 9.17) is 0 Å². The Morgan fingerprint density at radius 1 is 1.38 bits per heavy atom. The quantitative estimate of drug-likeness (QED) is 0.797. The first-order valence-electron chi connectivity index (χ1n) is 5.29. The van der Waals surface area contributed by atoms with Crippen LogP contribution in [0, 0.1) is 6.92 Å². The molecular formula is C11H12N2O2S. The van der Waals surface area contributed by atoms with E-state index in [1.165, 1.54) is 0 Å². The van der Waals surface area contributed by atoms with E-state index in [9.17, 15) is 8.42 Å². The monoisotopic (exact) mass is 236 g/mol. The lowest BCUT2D eigenvalue weighted by Crippen LogP contribution is -2.25. The number of fused-ring (bicyclic) bond motifs is 1. The second kappa shape index (κ2) is 3.07. The third-order valence-electron chi connectivity index (χ3n) is 2.88. The Bertz CT molecular complexity index is 586. The molecule has 2 aliphatic rings. The minimum Gasteiger partial charge on any atom is -0.366 e. The molecule has 1 saturated carbocycles. The van der Waals surface area contributed by atoms with Crippen molar-refractivity contribution in [3.05, 3.63) is 29.3 Å². The fourth-order valence-corrected chi connectivity index (χ4v) is 3.14. The lowest BCUT2D eigenvalue weighted by atomic mass is 10.1. The Kier molecular flexibility index (Phi) is 1.89. The zero-order valence-corrected chi connectivity index (χ0v) is 9.71. The zero-order valence-electron chi connectivity index (χ0n) is 8.90. The fourth-order valence-electron chi connectivity index (χ4n) is 1.89. The van der Waals surface area contributed by atoms with Crippen molar-refractivity contribution in [3.8, 4) is 0 Å². The lowest BCUT2D eigenvalue weighted by Gasteiger charge is -2.06. The average Bonchev–Trinajstić information content (AvgIpc) is 2.95. The van der Waals surface area contributed by atoms with Crippen LogP contribution in [0.2, 0.25) is 0 Å². The molecule has 1 aromatic rings. The smallest absolute Gasteiger partial charge is 0.285 e. The standard InChI is InChI=1S/C11H12N2O2S/c1-7-3-2-4-9-10(7)11(12-8-5-6-8)13-16(9,14)15/h2-4,8H,5-6H2,1H3,(H,12,13).